The van der Waals surface area contributed by atoms with Crippen LogP contribution in [0.1, 0.15) is 46.6 Å². The van der Waals surface area contributed by atoms with Gasteiger partial charge < -0.3 is 15.1 Å². The van der Waals surface area contributed by atoms with E-state index in [2.05, 4.69) is 17.4 Å². The molecule has 1 saturated carbocycles. The summed E-state index contributed by atoms with van der Waals surface area (Å²) in [6.45, 7) is 3.60. The number of benzene rings is 1. The molecule has 2 fully saturated rings. The number of piperazine rings is 1. The first-order valence-corrected chi connectivity index (χ1v) is 11.1. The number of aryl methyl sites for hydroxylation is 1. The van der Waals surface area contributed by atoms with Crippen LogP contribution in [0.2, 0.25) is 0 Å². The molecule has 0 bridgehead atoms. The Morgan fingerprint density at radius 2 is 1.65 bits per heavy atom. The average Bonchev–Trinajstić information content (AvgIpc) is 3.33. The van der Waals surface area contributed by atoms with Crippen LogP contribution in [0.25, 0.3) is 5.69 Å². The molecule has 1 saturated heterocycles. The lowest BCUT2D eigenvalue weighted by molar-refractivity contribution is -0.146. The van der Waals surface area contributed by atoms with E-state index in [1.807, 2.05) is 23.7 Å². The Morgan fingerprint density at radius 3 is 2.32 bits per heavy atom. The highest BCUT2D eigenvalue weighted by molar-refractivity contribution is 6.35. The van der Waals surface area contributed by atoms with Gasteiger partial charge in [0, 0.05) is 43.5 Å². The minimum Gasteiger partial charge on any atom is -0.345 e. The second-order valence-electron chi connectivity index (χ2n) is 8.71. The van der Waals surface area contributed by atoms with Crippen LogP contribution < -0.4 is 5.32 Å². The summed E-state index contributed by atoms with van der Waals surface area (Å²) in [7, 11) is 0. The topological polar surface area (TPSA) is 87.5 Å². The van der Waals surface area contributed by atoms with Crippen molar-refractivity contribution in [3.8, 4) is 5.69 Å². The van der Waals surface area contributed by atoms with Gasteiger partial charge >= 0.3 is 11.8 Å². The summed E-state index contributed by atoms with van der Waals surface area (Å²) in [6.07, 6.45) is 4.70. The summed E-state index contributed by atoms with van der Waals surface area (Å²) in [5.41, 5.74) is 4.85. The van der Waals surface area contributed by atoms with E-state index in [0.717, 1.165) is 49.0 Å². The molecule has 8 heteroatoms. The van der Waals surface area contributed by atoms with Gasteiger partial charge in [-0.15, -0.1) is 0 Å². The van der Waals surface area contributed by atoms with Crippen molar-refractivity contribution in [1.82, 2.24) is 24.9 Å². The van der Waals surface area contributed by atoms with E-state index < -0.39 is 11.8 Å². The molecule has 2 aromatic rings. The van der Waals surface area contributed by atoms with Gasteiger partial charge in [0.25, 0.3) is 5.91 Å². The molecule has 5 rings (SSSR count). The van der Waals surface area contributed by atoms with Crippen LogP contribution in [0.3, 0.4) is 0 Å². The minimum atomic E-state index is -0.531. The van der Waals surface area contributed by atoms with E-state index in [4.69, 9.17) is 5.10 Å². The fourth-order valence-corrected chi connectivity index (χ4v) is 4.39. The van der Waals surface area contributed by atoms with Crippen molar-refractivity contribution in [3.05, 3.63) is 46.8 Å². The zero-order valence-corrected chi connectivity index (χ0v) is 17.8. The number of hydrogen-bond acceptors (Lipinski definition) is 4. The minimum absolute atomic E-state index is 0.0847. The molecule has 0 spiro atoms. The number of rotatable bonds is 3. The predicted octanol–water partition coefficient (Wildman–Crippen LogP) is 1.23. The summed E-state index contributed by atoms with van der Waals surface area (Å²) >= 11 is 0. The third-order valence-electron chi connectivity index (χ3n) is 6.37. The van der Waals surface area contributed by atoms with Crippen molar-refractivity contribution in [2.24, 2.45) is 0 Å². The Morgan fingerprint density at radius 1 is 0.968 bits per heavy atom. The Bertz CT molecular complexity index is 1030. The molecular weight excluding hydrogens is 394 g/mol. The van der Waals surface area contributed by atoms with Crippen LogP contribution in [0, 0.1) is 6.92 Å². The van der Waals surface area contributed by atoms with Crippen molar-refractivity contribution < 1.29 is 14.4 Å². The van der Waals surface area contributed by atoms with Gasteiger partial charge in [-0.2, -0.15) is 5.10 Å². The lowest BCUT2D eigenvalue weighted by Gasteiger charge is -2.34. The highest BCUT2D eigenvalue weighted by Gasteiger charge is 2.34. The fourth-order valence-electron chi connectivity index (χ4n) is 4.39. The third kappa shape index (κ3) is 3.82. The summed E-state index contributed by atoms with van der Waals surface area (Å²) in [4.78, 5) is 40.9. The largest absolute Gasteiger partial charge is 0.345 e. The Labute approximate surface area is 181 Å². The molecule has 2 heterocycles. The van der Waals surface area contributed by atoms with Crippen LogP contribution in [0.15, 0.2) is 24.3 Å². The average molecular weight is 422 g/mol. The molecule has 1 aliphatic heterocycles. The Balaban J connectivity index is 1.29. The Hall–Kier alpha value is -3.16. The maximum atomic E-state index is 13.3. The summed E-state index contributed by atoms with van der Waals surface area (Å²) in [5.74, 6) is -1.11. The molecule has 162 valence electrons. The smallest absolute Gasteiger partial charge is 0.312 e. The van der Waals surface area contributed by atoms with E-state index in [9.17, 15) is 14.4 Å². The first kappa shape index (κ1) is 19.8. The molecule has 3 amide bonds. The van der Waals surface area contributed by atoms with Gasteiger partial charge in [0.1, 0.15) is 0 Å². The van der Waals surface area contributed by atoms with Gasteiger partial charge in [0.05, 0.1) is 5.69 Å². The normalized spacial score (nSPS) is 18.1. The van der Waals surface area contributed by atoms with E-state index in [0.29, 0.717) is 31.9 Å². The van der Waals surface area contributed by atoms with Crippen molar-refractivity contribution >= 4 is 17.7 Å². The van der Waals surface area contributed by atoms with Gasteiger partial charge in [0.15, 0.2) is 5.69 Å². The van der Waals surface area contributed by atoms with Crippen LogP contribution in [0.5, 0.6) is 0 Å². The third-order valence-corrected chi connectivity index (χ3v) is 6.37. The predicted molar refractivity (Wildman–Crippen MR) is 114 cm³/mol. The number of amides is 3. The molecule has 0 unspecified atom stereocenters. The second kappa shape index (κ2) is 7.83. The first-order chi connectivity index (χ1) is 15.0. The van der Waals surface area contributed by atoms with Crippen molar-refractivity contribution in [3.63, 3.8) is 0 Å². The van der Waals surface area contributed by atoms with Gasteiger partial charge in [0.2, 0.25) is 0 Å². The summed E-state index contributed by atoms with van der Waals surface area (Å²) in [6, 6.07) is 8.33. The zero-order chi connectivity index (χ0) is 21.5. The van der Waals surface area contributed by atoms with E-state index in [-0.39, 0.29) is 11.9 Å². The molecule has 31 heavy (non-hydrogen) atoms. The molecule has 0 radical (unpaired) electrons. The number of aromatic nitrogens is 2. The van der Waals surface area contributed by atoms with E-state index >= 15 is 0 Å². The van der Waals surface area contributed by atoms with Gasteiger partial charge in [-0.05, 0) is 51.2 Å². The molecule has 2 aliphatic carbocycles. The standard InChI is InChI=1S/C23H27N5O3/c1-15-5-9-17(10-6-15)28-19-4-2-3-18(19)20(25-28)22(30)26-11-13-27(14-12-26)23(31)21(29)24-16-7-8-16/h5-6,9-10,16H,2-4,7-8,11-14H2,1H3,(H,24,29). The van der Waals surface area contributed by atoms with Crippen LogP contribution in [-0.2, 0) is 22.4 Å². The quantitative estimate of drug-likeness (QED) is 0.756. The number of hydrogen-bond donors (Lipinski definition) is 1. The van der Waals surface area contributed by atoms with Gasteiger partial charge in [-0.3, -0.25) is 14.4 Å². The zero-order valence-electron chi connectivity index (χ0n) is 17.8. The molecule has 1 N–H and O–H groups in total. The molecule has 0 atom stereocenters. The molecular formula is C23H27N5O3. The summed E-state index contributed by atoms with van der Waals surface area (Å²) < 4.78 is 1.91. The maximum Gasteiger partial charge on any atom is 0.312 e. The summed E-state index contributed by atoms with van der Waals surface area (Å²) in [5, 5.41) is 7.45. The van der Waals surface area contributed by atoms with Crippen molar-refractivity contribution in [1.29, 1.82) is 0 Å². The number of carbonyl (C=O) groups is 3. The number of carbonyl (C=O) groups excluding carboxylic acids is 3. The first-order valence-electron chi connectivity index (χ1n) is 11.1. The second-order valence-corrected chi connectivity index (χ2v) is 8.71. The maximum absolute atomic E-state index is 13.3. The van der Waals surface area contributed by atoms with Crippen LogP contribution >= 0.6 is 0 Å². The lowest BCUT2D eigenvalue weighted by atomic mass is 10.1. The molecule has 8 nitrogen and oxygen atoms in total. The molecule has 1 aromatic carbocycles. The number of nitrogens with one attached hydrogen (secondary N) is 1. The van der Waals surface area contributed by atoms with Gasteiger partial charge in [-0.25, -0.2) is 4.68 Å². The monoisotopic (exact) mass is 421 g/mol. The Kier molecular flexibility index (Phi) is 5.00. The fraction of sp³-hybridized carbons (Fsp3) is 0.478. The molecule has 1 aromatic heterocycles. The highest BCUT2D eigenvalue weighted by atomic mass is 16.2. The highest BCUT2D eigenvalue weighted by Crippen LogP contribution is 2.29. The van der Waals surface area contributed by atoms with Crippen LogP contribution in [-0.4, -0.2) is 69.5 Å². The van der Waals surface area contributed by atoms with E-state index in [1.165, 1.54) is 10.5 Å². The van der Waals surface area contributed by atoms with Crippen LogP contribution in [0.4, 0.5) is 0 Å². The SMILES string of the molecule is Cc1ccc(-n2nc(C(=O)N3CCN(C(=O)C(=O)NC4CC4)CC3)c3c2CCC3)cc1. The van der Waals surface area contributed by atoms with Gasteiger partial charge in [-0.1, -0.05) is 17.7 Å². The molecule has 3 aliphatic rings. The lowest BCUT2D eigenvalue weighted by Crippen LogP contribution is -2.54. The van der Waals surface area contributed by atoms with Crippen molar-refractivity contribution in [2.45, 2.75) is 45.1 Å². The number of fused-ring (bicyclic) bond motifs is 1. The number of nitrogens with zero attached hydrogens (tertiary/aromatic N) is 4. The van der Waals surface area contributed by atoms with Crippen molar-refractivity contribution in [2.75, 3.05) is 26.2 Å². The van der Waals surface area contributed by atoms with E-state index in [1.54, 1.807) is 4.90 Å².